The van der Waals surface area contributed by atoms with Crippen molar-refractivity contribution >= 4 is 23.2 Å². The van der Waals surface area contributed by atoms with Gasteiger partial charge in [0.25, 0.3) is 5.91 Å². The van der Waals surface area contributed by atoms with Crippen LogP contribution in [0.2, 0.25) is 0 Å². The van der Waals surface area contributed by atoms with Gasteiger partial charge in [-0.2, -0.15) is 0 Å². The molecule has 0 radical (unpaired) electrons. The lowest BCUT2D eigenvalue weighted by molar-refractivity contribution is -0.125. The van der Waals surface area contributed by atoms with Crippen LogP contribution >= 0.6 is 0 Å². The molecule has 0 saturated carbocycles. The molecule has 5 nitrogen and oxygen atoms in total. The van der Waals surface area contributed by atoms with Crippen LogP contribution < -0.4 is 15.1 Å². The predicted molar refractivity (Wildman–Crippen MR) is 93.7 cm³/mol. The van der Waals surface area contributed by atoms with Gasteiger partial charge in [-0.05, 0) is 45.9 Å². The number of anilines is 2. The van der Waals surface area contributed by atoms with Crippen LogP contribution in [-0.4, -0.2) is 36.5 Å². The Hall–Kier alpha value is -2.30. The summed E-state index contributed by atoms with van der Waals surface area (Å²) in [5.74, 6) is -0.424. The van der Waals surface area contributed by atoms with Crippen molar-refractivity contribution in [3.8, 4) is 0 Å². The second-order valence-electron chi connectivity index (χ2n) is 6.30. The minimum atomic E-state index is -0.599. The molecule has 0 unspecified atom stereocenters. The molecule has 5 heteroatoms. The maximum atomic E-state index is 13.0. The molecule has 2 rings (SSSR count). The number of nitrogens with one attached hydrogen (secondary N) is 1. The van der Waals surface area contributed by atoms with Gasteiger partial charge in [0.15, 0.2) is 0 Å². The van der Waals surface area contributed by atoms with Crippen molar-refractivity contribution in [3.63, 3.8) is 0 Å². The molecule has 0 spiro atoms. The third-order valence-electron chi connectivity index (χ3n) is 4.01. The molecule has 2 amide bonds. The minimum absolute atomic E-state index is 0.00102. The predicted octanol–water partition coefficient (Wildman–Crippen LogP) is 2.33. The Morgan fingerprint density at radius 2 is 1.83 bits per heavy atom. The van der Waals surface area contributed by atoms with E-state index in [1.165, 1.54) is 6.08 Å². The van der Waals surface area contributed by atoms with Crippen molar-refractivity contribution < 1.29 is 9.59 Å². The summed E-state index contributed by atoms with van der Waals surface area (Å²) in [7, 11) is 0. The van der Waals surface area contributed by atoms with Gasteiger partial charge in [0.1, 0.15) is 6.04 Å². The van der Waals surface area contributed by atoms with Crippen LogP contribution in [0.4, 0.5) is 11.4 Å². The average molecular weight is 315 g/mol. The zero-order valence-electron chi connectivity index (χ0n) is 14.2. The van der Waals surface area contributed by atoms with Gasteiger partial charge in [-0.25, -0.2) is 0 Å². The highest BCUT2D eigenvalue weighted by Gasteiger charge is 2.36. The molecule has 1 aliphatic heterocycles. The molecule has 1 aliphatic rings. The van der Waals surface area contributed by atoms with Gasteiger partial charge in [0.05, 0.1) is 11.4 Å². The molecular weight excluding hydrogens is 290 g/mol. The van der Waals surface area contributed by atoms with Crippen LogP contribution in [0.1, 0.15) is 27.7 Å². The summed E-state index contributed by atoms with van der Waals surface area (Å²) in [6, 6.07) is 7.49. The fourth-order valence-corrected chi connectivity index (χ4v) is 2.93. The molecule has 0 aromatic heterocycles. The number of benzene rings is 1. The fourth-order valence-electron chi connectivity index (χ4n) is 2.93. The number of para-hydroxylation sites is 2. The van der Waals surface area contributed by atoms with Crippen LogP contribution in [0, 0.1) is 0 Å². The summed E-state index contributed by atoms with van der Waals surface area (Å²) in [5.41, 5.74) is 1.90. The van der Waals surface area contributed by atoms with Crippen molar-refractivity contribution in [2.75, 3.05) is 16.3 Å². The smallest absolute Gasteiger partial charge is 0.251 e. The lowest BCUT2D eigenvalue weighted by atomic mass is 10.2. The first-order valence-electron chi connectivity index (χ1n) is 7.98. The van der Waals surface area contributed by atoms with Crippen molar-refractivity contribution in [1.82, 2.24) is 5.32 Å². The molecule has 23 heavy (non-hydrogen) atoms. The van der Waals surface area contributed by atoms with Crippen molar-refractivity contribution in [3.05, 3.63) is 36.9 Å². The summed E-state index contributed by atoms with van der Waals surface area (Å²) in [6.07, 6.45) is 1.20. The first kappa shape index (κ1) is 17.1. The lowest BCUT2D eigenvalue weighted by Gasteiger charge is -2.30. The van der Waals surface area contributed by atoms with E-state index in [4.69, 9.17) is 0 Å². The second kappa shape index (κ2) is 6.86. The number of rotatable bonds is 4. The number of fused-ring (bicyclic) bond motifs is 1. The van der Waals surface area contributed by atoms with Crippen molar-refractivity contribution in [2.24, 2.45) is 0 Å². The molecule has 124 valence electrons. The Morgan fingerprint density at radius 1 is 1.22 bits per heavy atom. The van der Waals surface area contributed by atoms with Crippen molar-refractivity contribution in [2.45, 2.75) is 45.8 Å². The highest BCUT2D eigenvalue weighted by atomic mass is 16.2. The Balaban J connectivity index is 2.53. The van der Waals surface area contributed by atoms with Crippen molar-refractivity contribution in [1.29, 1.82) is 0 Å². The van der Waals surface area contributed by atoms with Gasteiger partial charge >= 0.3 is 0 Å². The maximum absolute atomic E-state index is 13.0. The third kappa shape index (κ3) is 3.38. The second-order valence-corrected chi connectivity index (χ2v) is 6.30. The molecule has 0 bridgehead atoms. The van der Waals surface area contributed by atoms with E-state index in [9.17, 15) is 9.59 Å². The normalized spacial score (nSPS) is 18.0. The molecule has 1 aromatic rings. The van der Waals surface area contributed by atoms with Crippen LogP contribution in [0.3, 0.4) is 0 Å². The van der Waals surface area contributed by atoms with Crippen LogP contribution in [0.25, 0.3) is 0 Å². The van der Waals surface area contributed by atoms with E-state index in [0.29, 0.717) is 6.54 Å². The third-order valence-corrected chi connectivity index (χ3v) is 4.01. The number of hydrogen-bond acceptors (Lipinski definition) is 3. The summed E-state index contributed by atoms with van der Waals surface area (Å²) >= 11 is 0. The van der Waals surface area contributed by atoms with Gasteiger partial charge < -0.3 is 15.1 Å². The van der Waals surface area contributed by atoms with Gasteiger partial charge in [-0.3, -0.25) is 9.59 Å². The standard InChI is InChI=1S/C18H25N3O2/c1-6-17(22)19-14-11-20(12(2)3)15-9-7-8-10-16(15)21(13(4)5)18(14)23/h6-10,12-14H,1,11H2,2-5H3,(H,19,22)/t14-/m1/s1. The van der Waals surface area contributed by atoms with E-state index in [2.05, 4.69) is 30.6 Å². The molecule has 1 atom stereocenters. The number of nitrogens with zero attached hydrogens (tertiary/aromatic N) is 2. The molecule has 1 heterocycles. The topological polar surface area (TPSA) is 52.7 Å². The SMILES string of the molecule is C=CC(=O)N[C@@H]1CN(C(C)C)c2ccccc2N(C(C)C)C1=O. The average Bonchev–Trinajstić information content (AvgIpc) is 2.62. The molecule has 1 N–H and O–H groups in total. The largest absolute Gasteiger partial charge is 0.365 e. The van der Waals surface area contributed by atoms with Gasteiger partial charge in [0, 0.05) is 18.6 Å². The zero-order valence-corrected chi connectivity index (χ0v) is 14.2. The van der Waals surface area contributed by atoms with Crippen LogP contribution in [0.5, 0.6) is 0 Å². The first-order chi connectivity index (χ1) is 10.9. The molecule has 0 saturated heterocycles. The fraction of sp³-hybridized carbons (Fsp3) is 0.444. The Kier molecular flexibility index (Phi) is 5.08. The lowest BCUT2D eigenvalue weighted by Crippen LogP contribution is -2.53. The quantitative estimate of drug-likeness (QED) is 0.868. The summed E-state index contributed by atoms with van der Waals surface area (Å²) < 4.78 is 0. The van der Waals surface area contributed by atoms with Gasteiger partial charge in [-0.15, -0.1) is 0 Å². The number of carbonyl (C=O) groups is 2. The summed E-state index contributed by atoms with van der Waals surface area (Å²) in [4.78, 5) is 28.7. The van der Waals surface area contributed by atoms with E-state index >= 15 is 0 Å². The number of carbonyl (C=O) groups excluding carboxylic acids is 2. The van der Waals surface area contributed by atoms with Crippen LogP contribution in [-0.2, 0) is 9.59 Å². The van der Waals surface area contributed by atoms with E-state index in [0.717, 1.165) is 11.4 Å². The zero-order chi connectivity index (χ0) is 17.1. The first-order valence-corrected chi connectivity index (χ1v) is 7.98. The van der Waals surface area contributed by atoms with E-state index in [1.807, 2.05) is 38.1 Å². The Bertz CT molecular complexity index is 610. The highest BCUT2D eigenvalue weighted by Crippen LogP contribution is 2.35. The number of hydrogen-bond donors (Lipinski definition) is 1. The van der Waals surface area contributed by atoms with Gasteiger partial charge in [0.2, 0.25) is 5.91 Å². The maximum Gasteiger partial charge on any atom is 0.251 e. The molecule has 1 aromatic carbocycles. The molecule has 0 aliphatic carbocycles. The Labute approximate surface area is 138 Å². The van der Waals surface area contributed by atoms with E-state index in [-0.39, 0.29) is 23.9 Å². The van der Waals surface area contributed by atoms with Gasteiger partial charge in [-0.1, -0.05) is 18.7 Å². The highest BCUT2D eigenvalue weighted by molar-refractivity contribution is 6.04. The molecular formula is C18H25N3O2. The van der Waals surface area contributed by atoms with Crippen LogP contribution in [0.15, 0.2) is 36.9 Å². The number of amides is 2. The summed E-state index contributed by atoms with van der Waals surface area (Å²) in [5, 5.41) is 2.77. The van der Waals surface area contributed by atoms with E-state index in [1.54, 1.807) is 4.90 Å². The Morgan fingerprint density at radius 3 is 2.35 bits per heavy atom. The monoisotopic (exact) mass is 315 g/mol. The van der Waals surface area contributed by atoms with E-state index < -0.39 is 6.04 Å². The molecule has 0 fully saturated rings. The minimum Gasteiger partial charge on any atom is -0.365 e. The summed E-state index contributed by atoms with van der Waals surface area (Å²) in [6.45, 7) is 12.0.